The minimum atomic E-state index is -2.93. The van der Waals surface area contributed by atoms with E-state index in [0.717, 1.165) is 11.3 Å². The summed E-state index contributed by atoms with van der Waals surface area (Å²) >= 11 is 0. The number of ether oxygens (including phenoxy) is 1. The summed E-state index contributed by atoms with van der Waals surface area (Å²) in [5, 5.41) is 2.83. The standard InChI is InChI=1S/C12H17NO3S/c1-16-11-4-2-10(3-5-11)8-12-9-13-6-7-17(12,14)15/h2-5,12-13H,6-9H2,1H3. The Morgan fingerprint density at radius 3 is 2.65 bits per heavy atom. The minimum absolute atomic E-state index is 0.244. The Labute approximate surface area is 102 Å². The zero-order valence-corrected chi connectivity index (χ0v) is 10.7. The maximum Gasteiger partial charge on any atom is 0.155 e. The van der Waals surface area contributed by atoms with Crippen LogP contribution in [0, 0.1) is 0 Å². The van der Waals surface area contributed by atoms with Gasteiger partial charge in [0.1, 0.15) is 5.75 Å². The van der Waals surface area contributed by atoms with Crippen molar-refractivity contribution in [2.75, 3.05) is 26.0 Å². The van der Waals surface area contributed by atoms with Crippen LogP contribution in [-0.4, -0.2) is 39.6 Å². The molecule has 1 heterocycles. The van der Waals surface area contributed by atoms with Crippen LogP contribution < -0.4 is 10.1 Å². The predicted octanol–water partition coefficient (Wildman–Crippen LogP) is 0.624. The van der Waals surface area contributed by atoms with E-state index in [4.69, 9.17) is 4.74 Å². The number of rotatable bonds is 3. The molecule has 0 bridgehead atoms. The van der Waals surface area contributed by atoms with Gasteiger partial charge in [0.15, 0.2) is 9.84 Å². The maximum absolute atomic E-state index is 11.8. The molecule has 0 aromatic heterocycles. The molecule has 0 saturated carbocycles. The number of benzene rings is 1. The lowest BCUT2D eigenvalue weighted by atomic mass is 10.1. The Morgan fingerprint density at radius 1 is 1.35 bits per heavy atom. The highest BCUT2D eigenvalue weighted by Gasteiger charge is 2.28. The zero-order valence-electron chi connectivity index (χ0n) is 9.85. The fourth-order valence-corrected chi connectivity index (χ4v) is 3.58. The lowest BCUT2D eigenvalue weighted by molar-refractivity contribution is 0.414. The summed E-state index contributed by atoms with van der Waals surface area (Å²) in [5.74, 6) is 1.03. The van der Waals surface area contributed by atoms with Crippen LogP contribution in [-0.2, 0) is 16.3 Å². The molecule has 4 nitrogen and oxygen atoms in total. The molecule has 1 N–H and O–H groups in total. The molecule has 1 saturated heterocycles. The van der Waals surface area contributed by atoms with E-state index in [9.17, 15) is 8.42 Å². The highest BCUT2D eigenvalue weighted by atomic mass is 32.2. The van der Waals surface area contributed by atoms with E-state index in [-0.39, 0.29) is 11.0 Å². The number of methoxy groups -OCH3 is 1. The largest absolute Gasteiger partial charge is 0.497 e. The first-order valence-electron chi connectivity index (χ1n) is 5.67. The monoisotopic (exact) mass is 255 g/mol. The van der Waals surface area contributed by atoms with Gasteiger partial charge in [-0.3, -0.25) is 0 Å². The molecule has 1 aliphatic heterocycles. The van der Waals surface area contributed by atoms with Crippen molar-refractivity contribution in [3.8, 4) is 5.75 Å². The number of nitrogens with one attached hydrogen (secondary N) is 1. The van der Waals surface area contributed by atoms with Crippen LogP contribution in [0.4, 0.5) is 0 Å². The lowest BCUT2D eigenvalue weighted by Gasteiger charge is -2.23. The summed E-state index contributed by atoms with van der Waals surface area (Å²) in [6.45, 7) is 1.12. The van der Waals surface area contributed by atoms with Gasteiger partial charge in [-0.2, -0.15) is 0 Å². The SMILES string of the molecule is COc1ccc(CC2CNCCS2(=O)=O)cc1. The van der Waals surface area contributed by atoms with Crippen molar-refractivity contribution in [2.45, 2.75) is 11.7 Å². The van der Waals surface area contributed by atoms with Gasteiger partial charge in [0, 0.05) is 13.1 Å². The normalized spacial score (nSPS) is 23.2. The van der Waals surface area contributed by atoms with Gasteiger partial charge in [0.05, 0.1) is 18.1 Å². The van der Waals surface area contributed by atoms with Crippen LogP contribution in [0.1, 0.15) is 5.56 Å². The second-order valence-corrected chi connectivity index (χ2v) is 6.65. The molecule has 2 rings (SSSR count). The van der Waals surface area contributed by atoms with Gasteiger partial charge in [0.25, 0.3) is 0 Å². The summed E-state index contributed by atoms with van der Waals surface area (Å²) in [5.41, 5.74) is 1.03. The first-order valence-corrected chi connectivity index (χ1v) is 7.38. The second kappa shape index (κ2) is 5.06. The van der Waals surface area contributed by atoms with Gasteiger partial charge in [-0.05, 0) is 24.1 Å². The van der Waals surface area contributed by atoms with Crippen molar-refractivity contribution >= 4 is 9.84 Å². The van der Waals surface area contributed by atoms with E-state index in [0.29, 0.717) is 19.5 Å². The Morgan fingerprint density at radius 2 is 2.06 bits per heavy atom. The van der Waals surface area contributed by atoms with Crippen molar-refractivity contribution in [1.29, 1.82) is 0 Å². The van der Waals surface area contributed by atoms with Crippen molar-refractivity contribution < 1.29 is 13.2 Å². The first-order chi connectivity index (χ1) is 8.12. The molecule has 0 aliphatic carbocycles. The lowest BCUT2D eigenvalue weighted by Crippen LogP contribution is -2.44. The third-order valence-electron chi connectivity index (χ3n) is 3.07. The molecule has 0 radical (unpaired) electrons. The topological polar surface area (TPSA) is 55.4 Å². The van der Waals surface area contributed by atoms with Crippen molar-refractivity contribution in [2.24, 2.45) is 0 Å². The van der Waals surface area contributed by atoms with Gasteiger partial charge >= 0.3 is 0 Å². The average Bonchev–Trinajstić information content (AvgIpc) is 2.33. The van der Waals surface area contributed by atoms with Crippen LogP contribution in [0.3, 0.4) is 0 Å². The average molecular weight is 255 g/mol. The highest BCUT2D eigenvalue weighted by molar-refractivity contribution is 7.92. The molecule has 1 aromatic rings. The molecule has 94 valence electrons. The van der Waals surface area contributed by atoms with Gasteiger partial charge in [0.2, 0.25) is 0 Å². The minimum Gasteiger partial charge on any atom is -0.497 e. The summed E-state index contributed by atoms with van der Waals surface area (Å²) in [6.07, 6.45) is 0.569. The highest BCUT2D eigenvalue weighted by Crippen LogP contribution is 2.16. The molecule has 1 fully saturated rings. The summed E-state index contributed by atoms with van der Waals surface area (Å²) in [7, 11) is -1.32. The third-order valence-corrected chi connectivity index (χ3v) is 5.19. The molecule has 1 aliphatic rings. The number of hydrogen-bond acceptors (Lipinski definition) is 4. The summed E-state index contributed by atoms with van der Waals surface area (Å²) in [4.78, 5) is 0. The summed E-state index contributed by atoms with van der Waals surface area (Å²) < 4.78 is 28.8. The molecule has 0 spiro atoms. The van der Waals surface area contributed by atoms with Crippen molar-refractivity contribution in [1.82, 2.24) is 5.32 Å². The Hall–Kier alpha value is -1.07. The molecule has 1 atom stereocenters. The first kappa shape index (κ1) is 12.4. The molecule has 5 heteroatoms. The van der Waals surface area contributed by atoms with Crippen molar-refractivity contribution in [3.63, 3.8) is 0 Å². The van der Waals surface area contributed by atoms with Crippen LogP contribution in [0.2, 0.25) is 0 Å². The smallest absolute Gasteiger partial charge is 0.155 e. The molecule has 1 unspecified atom stereocenters. The summed E-state index contributed by atoms with van der Waals surface area (Å²) in [6, 6.07) is 7.56. The fraction of sp³-hybridized carbons (Fsp3) is 0.500. The Bertz CT molecular complexity index is 467. The van der Waals surface area contributed by atoms with Gasteiger partial charge in [-0.25, -0.2) is 8.42 Å². The van der Waals surface area contributed by atoms with Gasteiger partial charge < -0.3 is 10.1 Å². The van der Waals surface area contributed by atoms with E-state index in [1.165, 1.54) is 0 Å². The Kier molecular flexibility index (Phi) is 3.69. The zero-order chi connectivity index (χ0) is 12.3. The molecular weight excluding hydrogens is 238 g/mol. The van der Waals surface area contributed by atoms with E-state index >= 15 is 0 Å². The van der Waals surface area contributed by atoms with E-state index < -0.39 is 9.84 Å². The van der Waals surface area contributed by atoms with Crippen LogP contribution in [0.15, 0.2) is 24.3 Å². The molecular formula is C12H17NO3S. The van der Waals surface area contributed by atoms with E-state index in [1.54, 1.807) is 7.11 Å². The van der Waals surface area contributed by atoms with Gasteiger partial charge in [-0.15, -0.1) is 0 Å². The number of sulfone groups is 1. The van der Waals surface area contributed by atoms with Crippen molar-refractivity contribution in [3.05, 3.63) is 29.8 Å². The van der Waals surface area contributed by atoms with Crippen LogP contribution in [0.5, 0.6) is 5.75 Å². The number of hydrogen-bond donors (Lipinski definition) is 1. The third kappa shape index (κ3) is 2.98. The van der Waals surface area contributed by atoms with Gasteiger partial charge in [-0.1, -0.05) is 12.1 Å². The van der Waals surface area contributed by atoms with E-state index in [1.807, 2.05) is 24.3 Å². The maximum atomic E-state index is 11.8. The molecule has 0 amide bonds. The predicted molar refractivity (Wildman–Crippen MR) is 67.1 cm³/mol. The van der Waals surface area contributed by atoms with Crippen LogP contribution in [0.25, 0.3) is 0 Å². The van der Waals surface area contributed by atoms with Crippen LogP contribution >= 0.6 is 0 Å². The quantitative estimate of drug-likeness (QED) is 0.860. The van der Waals surface area contributed by atoms with E-state index in [2.05, 4.69) is 5.32 Å². The Balaban J connectivity index is 2.09. The fourth-order valence-electron chi connectivity index (χ4n) is 1.99. The molecule has 17 heavy (non-hydrogen) atoms. The second-order valence-electron chi connectivity index (χ2n) is 4.25. The molecule has 1 aromatic carbocycles.